The molecule has 1 fully saturated rings. The topological polar surface area (TPSA) is 110 Å². The van der Waals surface area contributed by atoms with Crippen LogP contribution in [-0.2, 0) is 27.2 Å². The van der Waals surface area contributed by atoms with E-state index in [4.69, 9.17) is 24.4 Å². The van der Waals surface area contributed by atoms with Crippen molar-refractivity contribution in [2.24, 2.45) is 0 Å². The van der Waals surface area contributed by atoms with E-state index in [1.807, 2.05) is 12.1 Å². The Bertz CT molecular complexity index is 1220. The summed E-state index contributed by atoms with van der Waals surface area (Å²) < 4.78 is 84.6. The van der Waals surface area contributed by atoms with Crippen LogP contribution in [0, 0.1) is 0 Å². The van der Waals surface area contributed by atoms with Crippen molar-refractivity contribution in [3.63, 3.8) is 0 Å². The average molecular weight is 596 g/mol. The van der Waals surface area contributed by atoms with Crippen molar-refractivity contribution >= 4 is 28.7 Å². The molecule has 2 aromatic rings. The largest absolute Gasteiger partial charge is 0.493 e. The molecule has 1 aliphatic carbocycles. The number of nitrogens with zero attached hydrogens (tertiary/aromatic N) is 2. The van der Waals surface area contributed by atoms with Crippen molar-refractivity contribution in [2.75, 3.05) is 51.8 Å². The first kappa shape index (κ1) is 32.0. The van der Waals surface area contributed by atoms with E-state index in [-0.39, 0.29) is 6.54 Å². The number of pyridine rings is 1. The van der Waals surface area contributed by atoms with E-state index >= 15 is 0 Å². The van der Waals surface area contributed by atoms with E-state index in [9.17, 15) is 31.1 Å². The molecule has 1 aromatic carbocycles. The molecule has 2 heterocycles. The summed E-state index contributed by atoms with van der Waals surface area (Å²) >= 11 is 0. The molecule has 1 aromatic heterocycles. The second-order valence-electron chi connectivity index (χ2n) is 9.41. The number of esters is 1. The molecule has 2 N–H and O–H groups in total. The monoisotopic (exact) mass is 595 g/mol. The van der Waals surface area contributed by atoms with Crippen LogP contribution in [0.1, 0.15) is 36.8 Å². The number of carbonyl (C=O) groups excluding carboxylic acids is 1. The number of ether oxygens (including phenoxy) is 3. The number of carboxylic acids is 1. The van der Waals surface area contributed by atoms with Crippen LogP contribution in [0.25, 0.3) is 10.9 Å². The van der Waals surface area contributed by atoms with Crippen LogP contribution < -0.4 is 14.8 Å². The molecule has 1 aliphatic heterocycles. The van der Waals surface area contributed by atoms with Gasteiger partial charge in [0.2, 0.25) is 0 Å². The van der Waals surface area contributed by atoms with Crippen LogP contribution in [0.15, 0.2) is 12.1 Å². The zero-order chi connectivity index (χ0) is 30.2. The van der Waals surface area contributed by atoms with Crippen LogP contribution in [0.3, 0.4) is 0 Å². The van der Waals surface area contributed by atoms with Crippen LogP contribution >= 0.6 is 0 Å². The summed E-state index contributed by atoms with van der Waals surface area (Å²) in [7, 11) is 1.62. The van der Waals surface area contributed by atoms with Gasteiger partial charge < -0.3 is 29.5 Å². The standard InChI is InChI=1S/C24H30F3N3O4.C2HF3O2/c1-32-20-14-18-16-6-4-7-17(16)22(28-8-13-34-23(31)24(25,26)27)29-19(18)15-21(20)33-12-5-11-30-9-2-3-10-30;3-2(4,5)1(6)7/h14-15H,2-13H2,1H3,(H,28,29);(H,6,7). The van der Waals surface area contributed by atoms with Gasteiger partial charge in [0.15, 0.2) is 11.5 Å². The Balaban J connectivity index is 0.000000587. The Hall–Kier alpha value is -3.49. The summed E-state index contributed by atoms with van der Waals surface area (Å²) in [5, 5.41) is 11.2. The highest BCUT2D eigenvalue weighted by Gasteiger charge is 2.41. The number of aliphatic carboxylic acids is 1. The minimum absolute atomic E-state index is 0.0305. The lowest BCUT2D eigenvalue weighted by molar-refractivity contribution is -0.199. The zero-order valence-electron chi connectivity index (χ0n) is 22.3. The summed E-state index contributed by atoms with van der Waals surface area (Å²) in [6.45, 7) is 3.51. The molecule has 2 aliphatic rings. The van der Waals surface area contributed by atoms with E-state index in [0.717, 1.165) is 67.3 Å². The van der Waals surface area contributed by atoms with Crippen molar-refractivity contribution in [1.29, 1.82) is 0 Å². The number of benzene rings is 1. The molecule has 0 spiro atoms. The van der Waals surface area contributed by atoms with E-state index in [1.54, 1.807) is 7.11 Å². The van der Waals surface area contributed by atoms with Crippen molar-refractivity contribution in [3.05, 3.63) is 23.3 Å². The minimum Gasteiger partial charge on any atom is -0.493 e. The molecule has 0 unspecified atom stereocenters. The van der Waals surface area contributed by atoms with Gasteiger partial charge in [0.1, 0.15) is 12.4 Å². The number of rotatable bonds is 10. The van der Waals surface area contributed by atoms with Crippen molar-refractivity contribution in [3.8, 4) is 11.5 Å². The molecule has 15 heteroatoms. The van der Waals surface area contributed by atoms with Gasteiger partial charge in [0.25, 0.3) is 0 Å². The van der Waals surface area contributed by atoms with Crippen LogP contribution in [0.5, 0.6) is 11.5 Å². The summed E-state index contributed by atoms with van der Waals surface area (Å²) in [4.78, 5) is 27.0. The lowest BCUT2D eigenvalue weighted by atomic mass is 10.0. The summed E-state index contributed by atoms with van der Waals surface area (Å²) in [6.07, 6.45) is -3.97. The predicted molar refractivity (Wildman–Crippen MR) is 135 cm³/mol. The molecule has 4 rings (SSSR count). The first-order valence-corrected chi connectivity index (χ1v) is 13.0. The van der Waals surface area contributed by atoms with E-state index in [2.05, 4.69) is 15.0 Å². The molecule has 1 saturated heterocycles. The normalized spacial score (nSPS) is 15.2. The van der Waals surface area contributed by atoms with Gasteiger partial charge >= 0.3 is 24.3 Å². The molecule has 0 bridgehead atoms. The third kappa shape index (κ3) is 9.00. The smallest absolute Gasteiger partial charge is 0.490 e. The van der Waals surface area contributed by atoms with Gasteiger partial charge in [-0.05, 0) is 68.8 Å². The fraction of sp³-hybridized carbons (Fsp3) is 0.577. The number of methoxy groups -OCH3 is 1. The Morgan fingerprint density at radius 1 is 0.976 bits per heavy atom. The lowest BCUT2D eigenvalue weighted by Gasteiger charge is -2.17. The zero-order valence-corrected chi connectivity index (χ0v) is 22.3. The lowest BCUT2D eigenvalue weighted by Crippen LogP contribution is -2.27. The molecular weight excluding hydrogens is 564 g/mol. The van der Waals surface area contributed by atoms with Crippen molar-refractivity contribution in [2.45, 2.75) is 50.9 Å². The van der Waals surface area contributed by atoms with Gasteiger partial charge in [-0.2, -0.15) is 26.3 Å². The number of halogens is 6. The van der Waals surface area contributed by atoms with Crippen molar-refractivity contribution < 1.29 is 55.2 Å². The Labute approximate surface area is 231 Å². The fourth-order valence-corrected chi connectivity index (χ4v) is 4.66. The van der Waals surface area contributed by atoms with Crippen LogP contribution in [0.2, 0.25) is 0 Å². The number of carbonyl (C=O) groups is 2. The fourth-order valence-electron chi connectivity index (χ4n) is 4.66. The molecule has 0 amide bonds. The van der Waals surface area contributed by atoms with Gasteiger partial charge in [-0.25, -0.2) is 14.6 Å². The number of carboxylic acid groups (broad SMARTS) is 1. The maximum Gasteiger partial charge on any atom is 0.490 e. The van der Waals surface area contributed by atoms with E-state index in [1.165, 1.54) is 12.8 Å². The molecule has 9 nitrogen and oxygen atoms in total. The van der Waals surface area contributed by atoms with E-state index < -0.39 is 30.9 Å². The Morgan fingerprint density at radius 2 is 1.63 bits per heavy atom. The maximum absolute atomic E-state index is 12.3. The second kappa shape index (κ2) is 13.9. The van der Waals surface area contributed by atoms with Gasteiger partial charge in [-0.3, -0.25) is 0 Å². The minimum atomic E-state index is -5.08. The quantitative estimate of drug-likeness (QED) is 0.229. The molecular formula is C26H31F6N3O6. The number of nitrogens with one attached hydrogen (secondary N) is 1. The summed E-state index contributed by atoms with van der Waals surface area (Å²) in [6, 6.07) is 3.81. The predicted octanol–water partition coefficient (Wildman–Crippen LogP) is 4.75. The summed E-state index contributed by atoms with van der Waals surface area (Å²) in [5.41, 5.74) is 2.92. The number of likely N-dealkylation sites (tertiary alicyclic amines) is 1. The second-order valence-corrected chi connectivity index (χ2v) is 9.41. The van der Waals surface area contributed by atoms with Crippen LogP contribution in [-0.4, -0.2) is 85.8 Å². The third-order valence-corrected chi connectivity index (χ3v) is 6.52. The van der Waals surface area contributed by atoms with Crippen molar-refractivity contribution in [1.82, 2.24) is 9.88 Å². The maximum atomic E-state index is 12.3. The molecule has 0 saturated carbocycles. The van der Waals surface area contributed by atoms with Gasteiger partial charge in [0.05, 0.1) is 25.8 Å². The average Bonchev–Trinajstić information content (AvgIpc) is 3.60. The first-order chi connectivity index (χ1) is 19.3. The number of alkyl halides is 6. The highest BCUT2D eigenvalue weighted by molar-refractivity contribution is 5.89. The Morgan fingerprint density at radius 3 is 2.24 bits per heavy atom. The van der Waals surface area contributed by atoms with E-state index in [0.29, 0.717) is 23.9 Å². The number of aromatic nitrogens is 1. The number of fused-ring (bicyclic) bond motifs is 3. The van der Waals surface area contributed by atoms with Gasteiger partial charge in [-0.15, -0.1) is 0 Å². The van der Waals surface area contributed by atoms with Crippen LogP contribution in [0.4, 0.5) is 32.2 Å². The Kier molecular flexibility index (Phi) is 10.9. The molecule has 0 atom stereocenters. The highest BCUT2D eigenvalue weighted by Crippen LogP contribution is 2.39. The first-order valence-electron chi connectivity index (χ1n) is 13.0. The molecule has 228 valence electrons. The SMILES string of the molecule is COc1cc2c3c(c(NCCOC(=O)C(F)(F)F)nc2cc1OCCCN1CCCC1)CCC3.O=C(O)C(F)(F)F. The summed E-state index contributed by atoms with van der Waals surface area (Å²) in [5.74, 6) is -3.07. The highest BCUT2D eigenvalue weighted by atomic mass is 19.4. The molecule has 41 heavy (non-hydrogen) atoms. The van der Waals surface area contributed by atoms with Gasteiger partial charge in [-0.1, -0.05) is 0 Å². The number of anilines is 1. The number of hydrogen-bond donors (Lipinski definition) is 2. The number of aryl methyl sites for hydroxylation is 1. The number of hydrogen-bond acceptors (Lipinski definition) is 8. The third-order valence-electron chi connectivity index (χ3n) is 6.52. The van der Waals surface area contributed by atoms with Gasteiger partial charge in [0, 0.05) is 18.0 Å². The molecule has 0 radical (unpaired) electrons.